The van der Waals surface area contributed by atoms with E-state index in [1.807, 2.05) is 32.0 Å². The van der Waals surface area contributed by atoms with Gasteiger partial charge in [-0.05, 0) is 63.3 Å². The van der Waals surface area contributed by atoms with E-state index in [9.17, 15) is 19.2 Å². The topological polar surface area (TPSA) is 102 Å². The number of benzene rings is 2. The summed E-state index contributed by atoms with van der Waals surface area (Å²) in [6.45, 7) is 3.88. The van der Waals surface area contributed by atoms with Crippen LogP contribution in [0.25, 0.3) is 10.9 Å². The summed E-state index contributed by atoms with van der Waals surface area (Å²) in [6.07, 6.45) is 7.08. The zero-order valence-corrected chi connectivity index (χ0v) is 21.7. The number of hydrogen-bond donors (Lipinski definition) is 2. The molecule has 0 unspecified atom stereocenters. The molecule has 1 aromatic heterocycles. The normalized spacial score (nSPS) is 14.0. The number of nitrogens with zero attached hydrogens (tertiary/aromatic N) is 2. The van der Waals surface area contributed by atoms with Crippen molar-refractivity contribution in [3.05, 3.63) is 74.4 Å². The predicted octanol–water partition coefficient (Wildman–Crippen LogP) is 4.04. The van der Waals surface area contributed by atoms with Gasteiger partial charge < -0.3 is 10.6 Å². The molecule has 1 fully saturated rings. The Kier molecular flexibility index (Phi) is 8.58. The van der Waals surface area contributed by atoms with Gasteiger partial charge in [0.05, 0.1) is 10.9 Å². The second-order valence-corrected chi connectivity index (χ2v) is 10.1. The predicted molar refractivity (Wildman–Crippen MR) is 146 cm³/mol. The van der Waals surface area contributed by atoms with Gasteiger partial charge in [-0.2, -0.15) is 0 Å². The first-order chi connectivity index (χ1) is 17.8. The third-order valence-corrected chi connectivity index (χ3v) is 7.10. The van der Waals surface area contributed by atoms with Crippen LogP contribution in [0, 0.1) is 13.8 Å². The number of anilines is 1. The van der Waals surface area contributed by atoms with E-state index in [1.165, 1.54) is 15.6 Å². The molecule has 2 aromatic carbocycles. The van der Waals surface area contributed by atoms with E-state index in [4.69, 9.17) is 0 Å². The van der Waals surface area contributed by atoms with Gasteiger partial charge in [0, 0.05) is 24.7 Å². The second-order valence-electron chi connectivity index (χ2n) is 10.1. The number of rotatable bonds is 9. The highest BCUT2D eigenvalue weighted by molar-refractivity contribution is 5.92. The van der Waals surface area contributed by atoms with Crippen LogP contribution in [0.1, 0.15) is 62.5 Å². The lowest BCUT2D eigenvalue weighted by atomic mass is 9.95. The van der Waals surface area contributed by atoms with Crippen LogP contribution in [0.5, 0.6) is 0 Å². The minimum Gasteiger partial charge on any atom is -0.353 e. The Labute approximate surface area is 216 Å². The number of amides is 2. The zero-order valence-electron chi connectivity index (χ0n) is 21.7. The Morgan fingerprint density at radius 2 is 1.68 bits per heavy atom. The van der Waals surface area contributed by atoms with Crippen LogP contribution in [0.3, 0.4) is 0 Å². The van der Waals surface area contributed by atoms with Crippen LogP contribution >= 0.6 is 0 Å². The number of para-hydroxylation sites is 1. The highest BCUT2D eigenvalue weighted by Gasteiger charge is 2.17. The monoisotopic (exact) mass is 504 g/mol. The van der Waals surface area contributed by atoms with E-state index in [1.54, 1.807) is 24.3 Å². The number of nitrogens with one attached hydrogen (secondary N) is 2. The van der Waals surface area contributed by atoms with Crippen molar-refractivity contribution in [2.45, 2.75) is 84.3 Å². The molecule has 2 N–H and O–H groups in total. The lowest BCUT2D eigenvalue weighted by molar-refractivity contribution is -0.122. The van der Waals surface area contributed by atoms with E-state index in [0.29, 0.717) is 35.9 Å². The summed E-state index contributed by atoms with van der Waals surface area (Å²) in [6, 6.07) is 12.8. The van der Waals surface area contributed by atoms with Crippen molar-refractivity contribution >= 4 is 28.4 Å². The largest absolute Gasteiger partial charge is 0.353 e. The molecule has 0 spiro atoms. The number of carbonyl (C=O) groups excluding carboxylic acids is 2. The summed E-state index contributed by atoms with van der Waals surface area (Å²) in [5, 5.41) is 6.37. The van der Waals surface area contributed by atoms with Gasteiger partial charge in [0.25, 0.3) is 5.56 Å². The summed E-state index contributed by atoms with van der Waals surface area (Å²) >= 11 is 0. The molecule has 0 bridgehead atoms. The third kappa shape index (κ3) is 6.56. The van der Waals surface area contributed by atoms with E-state index in [2.05, 4.69) is 10.6 Å². The van der Waals surface area contributed by atoms with Crippen LogP contribution in [0.15, 0.2) is 52.1 Å². The number of aromatic nitrogens is 2. The molecule has 1 saturated carbocycles. The molecule has 1 aliphatic carbocycles. The smallest absolute Gasteiger partial charge is 0.331 e. The van der Waals surface area contributed by atoms with Gasteiger partial charge in [0.2, 0.25) is 11.8 Å². The van der Waals surface area contributed by atoms with E-state index < -0.39 is 5.69 Å². The van der Waals surface area contributed by atoms with Crippen LogP contribution in [0.2, 0.25) is 0 Å². The quantitative estimate of drug-likeness (QED) is 0.430. The fourth-order valence-corrected chi connectivity index (χ4v) is 5.11. The van der Waals surface area contributed by atoms with E-state index in [-0.39, 0.29) is 36.5 Å². The van der Waals surface area contributed by atoms with E-state index in [0.717, 1.165) is 36.8 Å². The highest BCUT2D eigenvalue weighted by atomic mass is 16.2. The molecule has 3 aromatic rings. The SMILES string of the molecule is Cc1ccc(NC(=O)Cn2c(=O)n(CCCCC(=O)NC3CCCCC3)c(=O)c3ccccc32)c(C)c1. The fraction of sp³-hybridized carbons (Fsp3) is 0.448. The first kappa shape index (κ1) is 26.4. The van der Waals surface area contributed by atoms with Gasteiger partial charge in [0.1, 0.15) is 6.54 Å². The van der Waals surface area contributed by atoms with Gasteiger partial charge in [0.15, 0.2) is 0 Å². The molecule has 37 heavy (non-hydrogen) atoms. The molecular formula is C29H36N4O4. The Hall–Kier alpha value is -3.68. The zero-order chi connectivity index (χ0) is 26.4. The summed E-state index contributed by atoms with van der Waals surface area (Å²) < 4.78 is 2.54. The van der Waals surface area contributed by atoms with Crippen molar-refractivity contribution in [2.75, 3.05) is 5.32 Å². The molecule has 0 atom stereocenters. The first-order valence-electron chi connectivity index (χ1n) is 13.2. The minimum atomic E-state index is -0.522. The minimum absolute atomic E-state index is 0.0261. The Bertz CT molecular complexity index is 1400. The second kappa shape index (κ2) is 12.0. The maximum absolute atomic E-state index is 13.4. The van der Waals surface area contributed by atoms with E-state index >= 15 is 0 Å². The number of fused-ring (bicyclic) bond motifs is 1. The maximum atomic E-state index is 13.4. The molecule has 8 nitrogen and oxygen atoms in total. The first-order valence-corrected chi connectivity index (χ1v) is 13.2. The number of unbranched alkanes of at least 4 members (excludes halogenated alkanes) is 1. The van der Waals surface area contributed by atoms with Crippen LogP contribution in [-0.4, -0.2) is 27.0 Å². The van der Waals surface area contributed by atoms with Crippen LogP contribution in [-0.2, 0) is 22.7 Å². The number of carbonyl (C=O) groups is 2. The summed E-state index contributed by atoms with van der Waals surface area (Å²) in [7, 11) is 0. The molecule has 0 saturated heterocycles. The molecular weight excluding hydrogens is 468 g/mol. The standard InChI is InChI=1S/C29H36N4O4/c1-20-15-16-24(21(2)18-20)31-27(35)19-33-25-13-7-6-12-23(25)28(36)32(29(33)37)17-9-8-14-26(34)30-22-10-4-3-5-11-22/h6-7,12-13,15-16,18,22H,3-5,8-11,14,17,19H2,1-2H3,(H,30,34)(H,31,35). The third-order valence-electron chi connectivity index (χ3n) is 7.10. The molecule has 0 aliphatic heterocycles. The lowest BCUT2D eigenvalue weighted by Gasteiger charge is -2.22. The molecule has 1 heterocycles. The van der Waals surface area contributed by atoms with Crippen molar-refractivity contribution in [1.82, 2.24) is 14.5 Å². The van der Waals surface area contributed by atoms with Crippen molar-refractivity contribution < 1.29 is 9.59 Å². The highest BCUT2D eigenvalue weighted by Crippen LogP contribution is 2.18. The molecule has 8 heteroatoms. The summed E-state index contributed by atoms with van der Waals surface area (Å²) in [4.78, 5) is 51.7. The lowest BCUT2D eigenvalue weighted by Crippen LogP contribution is -2.42. The van der Waals surface area contributed by atoms with Crippen molar-refractivity contribution in [1.29, 1.82) is 0 Å². The molecule has 2 amide bonds. The van der Waals surface area contributed by atoms with Gasteiger partial charge in [-0.1, -0.05) is 49.1 Å². The summed E-state index contributed by atoms with van der Waals surface area (Å²) in [5.74, 6) is -0.318. The Morgan fingerprint density at radius 1 is 0.919 bits per heavy atom. The molecule has 1 aliphatic rings. The van der Waals surface area contributed by atoms with Gasteiger partial charge in [-0.15, -0.1) is 0 Å². The molecule has 4 rings (SSSR count). The Balaban J connectivity index is 1.46. The fourth-order valence-electron chi connectivity index (χ4n) is 5.11. The van der Waals surface area contributed by atoms with Crippen molar-refractivity contribution in [2.24, 2.45) is 0 Å². The van der Waals surface area contributed by atoms with Gasteiger partial charge in [-0.25, -0.2) is 4.79 Å². The summed E-state index contributed by atoms with van der Waals surface area (Å²) in [5.41, 5.74) is 2.24. The number of aryl methyl sites for hydroxylation is 2. The average molecular weight is 505 g/mol. The number of hydrogen-bond acceptors (Lipinski definition) is 4. The Morgan fingerprint density at radius 3 is 2.43 bits per heavy atom. The van der Waals surface area contributed by atoms with Gasteiger partial charge in [-0.3, -0.25) is 23.5 Å². The van der Waals surface area contributed by atoms with Crippen molar-refractivity contribution in [3.8, 4) is 0 Å². The molecule has 0 radical (unpaired) electrons. The average Bonchev–Trinajstić information content (AvgIpc) is 2.88. The van der Waals surface area contributed by atoms with Crippen LogP contribution in [0.4, 0.5) is 5.69 Å². The van der Waals surface area contributed by atoms with Crippen LogP contribution < -0.4 is 21.9 Å². The van der Waals surface area contributed by atoms with Gasteiger partial charge >= 0.3 is 5.69 Å². The maximum Gasteiger partial charge on any atom is 0.331 e. The van der Waals surface area contributed by atoms with Crippen molar-refractivity contribution in [3.63, 3.8) is 0 Å². The molecule has 196 valence electrons.